The summed E-state index contributed by atoms with van der Waals surface area (Å²) in [7, 11) is 3.92. The molecule has 0 unspecified atom stereocenters. The number of terminal acetylenes is 1. The number of carboxylic acids is 1. The van der Waals surface area contributed by atoms with E-state index in [2.05, 4.69) is 22.3 Å². The van der Waals surface area contributed by atoms with Crippen LogP contribution in [0.4, 0.5) is 0 Å². The van der Waals surface area contributed by atoms with Crippen LogP contribution in [0.1, 0.15) is 54.4 Å². The molecule has 3 aromatic rings. The van der Waals surface area contributed by atoms with E-state index in [4.69, 9.17) is 20.8 Å². The smallest absolute Gasteiger partial charge is 0.335 e. The minimum Gasteiger partial charge on any atom is -0.478 e. The van der Waals surface area contributed by atoms with Crippen molar-refractivity contribution < 1.29 is 23.6 Å². The molecule has 190 valence electrons. The molecular formula is C30H32N3O4+. The van der Waals surface area contributed by atoms with Crippen LogP contribution in [0.2, 0.25) is 0 Å². The molecule has 7 nitrogen and oxygen atoms in total. The zero-order valence-electron chi connectivity index (χ0n) is 21.3. The van der Waals surface area contributed by atoms with Gasteiger partial charge in [0.05, 0.1) is 19.7 Å². The fourth-order valence-corrected chi connectivity index (χ4v) is 7.13. The topological polar surface area (TPSA) is 85.5 Å². The molecule has 1 heterocycles. The van der Waals surface area contributed by atoms with Gasteiger partial charge in [0.1, 0.15) is 11.8 Å². The van der Waals surface area contributed by atoms with Crippen LogP contribution in [0.3, 0.4) is 0 Å². The Morgan fingerprint density at radius 1 is 1.08 bits per heavy atom. The number of aromatic nitrogens is 2. The summed E-state index contributed by atoms with van der Waals surface area (Å²) in [5.41, 5.74) is 3.15. The first-order valence-corrected chi connectivity index (χ1v) is 13.0. The highest BCUT2D eigenvalue weighted by Crippen LogP contribution is 2.62. The summed E-state index contributed by atoms with van der Waals surface area (Å²) in [6.45, 7) is 0.397. The SMILES string of the molecule is C#C[N+](C)(C)COc1ccc(-c2noc(-c3ccc(C(=O)O)cc3)n2)cc1C12CC3CC(CC(C3)C1)C2. The molecule has 37 heavy (non-hydrogen) atoms. The summed E-state index contributed by atoms with van der Waals surface area (Å²) in [6, 6.07) is 15.5. The molecule has 0 saturated heterocycles. The molecule has 7 heteroatoms. The molecule has 4 bridgehead atoms. The second kappa shape index (κ2) is 8.74. The van der Waals surface area contributed by atoms with E-state index >= 15 is 0 Å². The lowest BCUT2D eigenvalue weighted by atomic mass is 9.48. The molecule has 0 spiro atoms. The van der Waals surface area contributed by atoms with Gasteiger partial charge in [-0.15, -0.1) is 0 Å². The summed E-state index contributed by atoms with van der Waals surface area (Å²) in [6.07, 6.45) is 13.4. The number of benzene rings is 2. The van der Waals surface area contributed by atoms with E-state index in [-0.39, 0.29) is 11.0 Å². The average Bonchev–Trinajstić information content (AvgIpc) is 3.37. The van der Waals surface area contributed by atoms with Crippen molar-refractivity contribution in [2.24, 2.45) is 17.8 Å². The quantitative estimate of drug-likeness (QED) is 0.260. The Bertz CT molecular complexity index is 1350. The normalized spacial score (nSPS) is 26.1. The van der Waals surface area contributed by atoms with E-state index in [0.29, 0.717) is 28.5 Å². The van der Waals surface area contributed by atoms with Crippen molar-refractivity contribution in [2.45, 2.75) is 43.9 Å². The van der Waals surface area contributed by atoms with Crippen LogP contribution < -0.4 is 4.74 Å². The Labute approximate surface area is 217 Å². The third-order valence-electron chi connectivity index (χ3n) is 8.54. The first-order valence-electron chi connectivity index (χ1n) is 13.0. The van der Waals surface area contributed by atoms with Crippen LogP contribution in [0.5, 0.6) is 5.75 Å². The number of quaternary nitrogens is 1. The van der Waals surface area contributed by atoms with Crippen LogP contribution in [0.25, 0.3) is 22.8 Å². The van der Waals surface area contributed by atoms with Crippen molar-refractivity contribution in [3.05, 3.63) is 53.6 Å². The lowest BCUT2D eigenvalue weighted by molar-refractivity contribution is -0.840. The number of hydrogen-bond acceptors (Lipinski definition) is 5. The number of carbonyl (C=O) groups is 1. The van der Waals surface area contributed by atoms with Gasteiger partial charge in [-0.25, -0.2) is 9.28 Å². The monoisotopic (exact) mass is 498 g/mol. The molecule has 1 aromatic heterocycles. The Kier molecular flexibility index (Phi) is 5.61. The molecular weight excluding hydrogens is 466 g/mol. The van der Waals surface area contributed by atoms with Crippen molar-refractivity contribution in [3.63, 3.8) is 0 Å². The third-order valence-corrected chi connectivity index (χ3v) is 8.54. The highest BCUT2D eigenvalue weighted by molar-refractivity contribution is 5.88. The fourth-order valence-electron chi connectivity index (χ4n) is 7.13. The van der Waals surface area contributed by atoms with E-state index in [1.165, 1.54) is 56.2 Å². The van der Waals surface area contributed by atoms with Crippen molar-refractivity contribution in [3.8, 4) is 41.1 Å². The lowest BCUT2D eigenvalue weighted by Crippen LogP contribution is -2.48. The standard InChI is InChI=1S/C30H31N3O4/c1-4-33(2,3)18-36-26-10-9-24(14-25(26)30-15-19-11-20(16-30)13-21(12-19)17-30)27-31-28(37-32-27)22-5-7-23(8-6-22)29(34)35/h1,5-10,14,19-21H,11-13,15-18H2,2-3H3/p+1. The highest BCUT2D eigenvalue weighted by Gasteiger charge is 2.52. The van der Waals surface area contributed by atoms with Crippen LogP contribution in [-0.4, -0.2) is 46.5 Å². The van der Waals surface area contributed by atoms with E-state index in [9.17, 15) is 4.79 Å². The second-order valence-corrected chi connectivity index (χ2v) is 11.8. The van der Waals surface area contributed by atoms with E-state index in [1.54, 1.807) is 12.1 Å². The van der Waals surface area contributed by atoms with E-state index < -0.39 is 5.97 Å². The molecule has 1 N–H and O–H groups in total. The van der Waals surface area contributed by atoms with Gasteiger partial charge in [0, 0.05) is 16.7 Å². The maximum Gasteiger partial charge on any atom is 0.335 e. The zero-order chi connectivity index (χ0) is 25.8. The summed E-state index contributed by atoms with van der Waals surface area (Å²) in [4.78, 5) is 15.8. The van der Waals surface area contributed by atoms with Gasteiger partial charge >= 0.3 is 5.97 Å². The number of aromatic carboxylic acids is 1. The number of rotatable bonds is 7. The van der Waals surface area contributed by atoms with Gasteiger partial charge in [-0.3, -0.25) is 0 Å². The number of ether oxygens (including phenoxy) is 1. The summed E-state index contributed by atoms with van der Waals surface area (Å²) in [5.74, 6) is 3.19. The Morgan fingerprint density at radius 2 is 1.70 bits per heavy atom. The Balaban J connectivity index is 1.36. The molecule has 4 fully saturated rings. The maximum atomic E-state index is 11.2. The number of carboxylic acid groups (broad SMARTS) is 1. The maximum absolute atomic E-state index is 11.2. The molecule has 0 atom stereocenters. The minimum absolute atomic E-state index is 0.118. The van der Waals surface area contributed by atoms with Gasteiger partial charge in [0.2, 0.25) is 12.6 Å². The third kappa shape index (κ3) is 4.40. The number of hydrogen-bond donors (Lipinski definition) is 1. The molecule has 4 aliphatic carbocycles. The van der Waals surface area contributed by atoms with Crippen LogP contribution in [-0.2, 0) is 5.41 Å². The van der Waals surface area contributed by atoms with Gasteiger partial charge in [-0.2, -0.15) is 4.98 Å². The first kappa shape index (κ1) is 23.7. The average molecular weight is 499 g/mol. The highest BCUT2D eigenvalue weighted by atomic mass is 16.5. The lowest BCUT2D eigenvalue weighted by Gasteiger charge is -2.57. The van der Waals surface area contributed by atoms with E-state index in [0.717, 1.165) is 29.1 Å². The van der Waals surface area contributed by atoms with Crippen LogP contribution in [0.15, 0.2) is 47.0 Å². The van der Waals surface area contributed by atoms with Crippen molar-refractivity contribution in [1.82, 2.24) is 10.1 Å². The van der Waals surface area contributed by atoms with Gasteiger partial charge in [-0.05, 0) is 104 Å². The number of nitrogens with zero attached hydrogens (tertiary/aromatic N) is 3. The fraction of sp³-hybridized carbons (Fsp3) is 0.433. The Morgan fingerprint density at radius 3 is 2.30 bits per heavy atom. The Hall–Kier alpha value is -3.63. The molecule has 7 rings (SSSR count). The molecule has 0 amide bonds. The zero-order valence-corrected chi connectivity index (χ0v) is 21.3. The molecule has 4 saturated carbocycles. The summed E-state index contributed by atoms with van der Waals surface area (Å²) in [5, 5.41) is 13.4. The first-order chi connectivity index (χ1) is 17.7. The largest absolute Gasteiger partial charge is 0.478 e. The molecule has 0 aliphatic heterocycles. The molecule has 2 aromatic carbocycles. The van der Waals surface area contributed by atoms with Gasteiger partial charge < -0.3 is 14.4 Å². The van der Waals surface area contributed by atoms with Crippen molar-refractivity contribution in [2.75, 3.05) is 20.8 Å². The van der Waals surface area contributed by atoms with Crippen molar-refractivity contribution >= 4 is 5.97 Å². The summed E-state index contributed by atoms with van der Waals surface area (Å²) >= 11 is 0. The molecule has 0 radical (unpaired) electrons. The van der Waals surface area contributed by atoms with Gasteiger partial charge in [0.25, 0.3) is 5.89 Å². The van der Waals surface area contributed by atoms with Gasteiger partial charge in [0.15, 0.2) is 0 Å². The minimum atomic E-state index is -0.971. The predicted molar refractivity (Wildman–Crippen MR) is 138 cm³/mol. The predicted octanol–water partition coefficient (Wildman–Crippen LogP) is 5.57. The molecule has 4 aliphatic rings. The summed E-state index contributed by atoms with van der Waals surface area (Å²) < 4.78 is 12.3. The van der Waals surface area contributed by atoms with Crippen LogP contribution >= 0.6 is 0 Å². The van der Waals surface area contributed by atoms with Crippen molar-refractivity contribution in [1.29, 1.82) is 0 Å². The van der Waals surface area contributed by atoms with Gasteiger partial charge in [-0.1, -0.05) is 11.6 Å². The van der Waals surface area contributed by atoms with E-state index in [1.807, 2.05) is 26.2 Å². The second-order valence-electron chi connectivity index (χ2n) is 11.8. The van der Waals surface area contributed by atoms with Crippen LogP contribution in [0, 0.1) is 30.2 Å².